The van der Waals surface area contributed by atoms with Crippen LogP contribution in [0.15, 0.2) is 36.5 Å². The maximum atomic E-state index is 4.37. The summed E-state index contributed by atoms with van der Waals surface area (Å²) in [6, 6.07) is 0. The van der Waals surface area contributed by atoms with Gasteiger partial charge in [0.25, 0.3) is 0 Å². The van der Waals surface area contributed by atoms with Crippen LogP contribution >= 0.6 is 0 Å². The van der Waals surface area contributed by atoms with E-state index in [0.29, 0.717) is 17.8 Å². The van der Waals surface area contributed by atoms with Crippen LogP contribution in [0.2, 0.25) is 0 Å². The number of hydrogen-bond acceptors (Lipinski definition) is 0. The van der Waals surface area contributed by atoms with Gasteiger partial charge in [0.15, 0.2) is 0 Å². The Morgan fingerprint density at radius 1 is 1.16 bits per heavy atom. The van der Waals surface area contributed by atoms with E-state index in [1.54, 1.807) is 0 Å². The van der Waals surface area contributed by atoms with Crippen LogP contribution in [0, 0.1) is 23.7 Å². The molecule has 0 amide bonds. The molecule has 0 aliphatic heterocycles. The van der Waals surface area contributed by atoms with Crippen molar-refractivity contribution in [2.75, 3.05) is 0 Å². The Balaban J connectivity index is 4.85. The summed E-state index contributed by atoms with van der Waals surface area (Å²) in [4.78, 5) is 0. The topological polar surface area (TPSA) is 0 Å². The Morgan fingerprint density at radius 3 is 2.11 bits per heavy atom. The molecule has 0 bridgehead atoms. The molecular weight excluding hydrogens is 228 g/mol. The summed E-state index contributed by atoms with van der Waals surface area (Å²) in [5.41, 5.74) is 2.71. The smallest absolute Gasteiger partial charge is 0.00402 e. The Hall–Kier alpha value is -0.780. The molecule has 19 heavy (non-hydrogen) atoms. The molecule has 0 N–H and O–H groups in total. The van der Waals surface area contributed by atoms with E-state index >= 15 is 0 Å². The highest BCUT2D eigenvalue weighted by Gasteiger charge is 2.23. The average molecular weight is 262 g/mol. The molecule has 0 fully saturated rings. The molecule has 0 aromatic heterocycles. The van der Waals surface area contributed by atoms with Crippen LogP contribution in [-0.2, 0) is 0 Å². The number of allylic oxidation sites excluding steroid dienone is 4. The van der Waals surface area contributed by atoms with Crippen molar-refractivity contribution in [3.63, 3.8) is 0 Å². The standard InChI is InChI=1S/C19H34/c1-9-15(6)16(7)19(11-3)17(8)18(10-2)13-12-14(4)5/h10-11,14-16,19H,3,8-9,12-13H2,1-2,4-7H3. The van der Waals surface area contributed by atoms with Gasteiger partial charge in [-0.25, -0.2) is 0 Å². The molecule has 0 nitrogen and oxygen atoms in total. The Kier molecular flexibility index (Phi) is 8.80. The fourth-order valence-corrected chi connectivity index (χ4v) is 2.55. The molecule has 0 aliphatic carbocycles. The second-order valence-electron chi connectivity index (χ2n) is 6.28. The average Bonchev–Trinajstić information content (AvgIpc) is 2.38. The lowest BCUT2D eigenvalue weighted by molar-refractivity contribution is 0.324. The molecule has 0 aromatic carbocycles. The molecule has 0 saturated heterocycles. The second kappa shape index (κ2) is 9.18. The third-order valence-electron chi connectivity index (χ3n) is 4.52. The predicted octanol–water partition coefficient (Wildman–Crippen LogP) is 6.41. The first-order valence-corrected chi connectivity index (χ1v) is 7.85. The lowest BCUT2D eigenvalue weighted by Gasteiger charge is -2.29. The van der Waals surface area contributed by atoms with Gasteiger partial charge in [-0.05, 0) is 48.7 Å². The minimum atomic E-state index is 0.410. The largest absolute Gasteiger partial charge is 0.102 e. The van der Waals surface area contributed by atoms with Crippen molar-refractivity contribution in [2.45, 2.75) is 60.8 Å². The molecule has 0 heteroatoms. The van der Waals surface area contributed by atoms with Crippen LogP contribution in [-0.4, -0.2) is 0 Å². The molecule has 0 saturated carbocycles. The molecule has 3 unspecified atom stereocenters. The fourth-order valence-electron chi connectivity index (χ4n) is 2.55. The molecule has 0 heterocycles. The van der Waals surface area contributed by atoms with E-state index in [1.807, 2.05) is 0 Å². The highest BCUT2D eigenvalue weighted by atomic mass is 14.3. The molecular formula is C19H34. The van der Waals surface area contributed by atoms with Gasteiger partial charge in [-0.3, -0.25) is 0 Å². The molecule has 0 aliphatic rings. The fraction of sp³-hybridized carbons (Fsp3) is 0.684. The Labute approximate surface area is 121 Å². The van der Waals surface area contributed by atoms with Crippen LogP contribution in [0.4, 0.5) is 0 Å². The summed E-state index contributed by atoms with van der Waals surface area (Å²) in [6.45, 7) is 22.0. The molecule has 0 spiro atoms. The summed E-state index contributed by atoms with van der Waals surface area (Å²) in [7, 11) is 0. The summed E-state index contributed by atoms with van der Waals surface area (Å²) in [6.07, 6.45) is 7.93. The van der Waals surface area contributed by atoms with Crippen molar-refractivity contribution >= 4 is 0 Å². The third-order valence-corrected chi connectivity index (χ3v) is 4.52. The normalized spacial score (nSPS) is 17.1. The van der Waals surface area contributed by atoms with Crippen molar-refractivity contribution < 1.29 is 0 Å². The highest BCUT2D eigenvalue weighted by molar-refractivity contribution is 5.33. The lowest BCUT2D eigenvalue weighted by atomic mass is 9.76. The molecule has 0 aromatic rings. The van der Waals surface area contributed by atoms with E-state index in [-0.39, 0.29) is 0 Å². The van der Waals surface area contributed by atoms with Gasteiger partial charge in [0, 0.05) is 5.92 Å². The summed E-state index contributed by atoms with van der Waals surface area (Å²) >= 11 is 0. The molecule has 0 radical (unpaired) electrons. The first kappa shape index (κ1) is 18.2. The van der Waals surface area contributed by atoms with Crippen molar-refractivity contribution in [1.29, 1.82) is 0 Å². The number of hydrogen-bond donors (Lipinski definition) is 0. The van der Waals surface area contributed by atoms with Gasteiger partial charge in [0.05, 0.1) is 0 Å². The SMILES string of the molecule is C=CC(C(=C)C(=CC)CCC(C)C)C(C)C(C)CC. The zero-order chi connectivity index (χ0) is 15.0. The second-order valence-corrected chi connectivity index (χ2v) is 6.28. The quantitative estimate of drug-likeness (QED) is 0.333. The predicted molar refractivity (Wildman–Crippen MR) is 89.3 cm³/mol. The lowest BCUT2D eigenvalue weighted by Crippen LogP contribution is -2.19. The maximum absolute atomic E-state index is 4.37. The van der Waals surface area contributed by atoms with Crippen LogP contribution in [0.25, 0.3) is 0 Å². The number of rotatable bonds is 9. The zero-order valence-electron chi connectivity index (χ0n) is 14.0. The minimum Gasteiger partial charge on any atom is -0.102 e. The maximum Gasteiger partial charge on any atom is 0.00402 e. The van der Waals surface area contributed by atoms with Crippen molar-refractivity contribution in [3.8, 4) is 0 Å². The zero-order valence-corrected chi connectivity index (χ0v) is 14.0. The van der Waals surface area contributed by atoms with E-state index in [9.17, 15) is 0 Å². The van der Waals surface area contributed by atoms with Crippen LogP contribution in [0.5, 0.6) is 0 Å². The van der Waals surface area contributed by atoms with E-state index < -0.39 is 0 Å². The first-order chi connectivity index (χ1) is 8.88. The van der Waals surface area contributed by atoms with Gasteiger partial charge in [-0.2, -0.15) is 0 Å². The molecule has 0 rings (SSSR count). The van der Waals surface area contributed by atoms with E-state index in [0.717, 1.165) is 12.3 Å². The van der Waals surface area contributed by atoms with E-state index in [2.05, 4.69) is 66.9 Å². The van der Waals surface area contributed by atoms with Crippen molar-refractivity contribution in [1.82, 2.24) is 0 Å². The highest BCUT2D eigenvalue weighted by Crippen LogP contribution is 2.34. The van der Waals surface area contributed by atoms with Gasteiger partial charge in [-0.15, -0.1) is 6.58 Å². The van der Waals surface area contributed by atoms with Gasteiger partial charge in [0.2, 0.25) is 0 Å². The monoisotopic (exact) mass is 262 g/mol. The Morgan fingerprint density at radius 2 is 1.74 bits per heavy atom. The van der Waals surface area contributed by atoms with Crippen LogP contribution in [0.1, 0.15) is 60.8 Å². The molecule has 110 valence electrons. The van der Waals surface area contributed by atoms with Crippen LogP contribution < -0.4 is 0 Å². The van der Waals surface area contributed by atoms with E-state index in [4.69, 9.17) is 0 Å². The van der Waals surface area contributed by atoms with Gasteiger partial charge in [0.1, 0.15) is 0 Å². The minimum absolute atomic E-state index is 0.410. The summed E-state index contributed by atoms with van der Waals surface area (Å²) in [5.74, 6) is 2.48. The van der Waals surface area contributed by atoms with Gasteiger partial charge < -0.3 is 0 Å². The summed E-state index contributed by atoms with van der Waals surface area (Å²) < 4.78 is 0. The first-order valence-electron chi connectivity index (χ1n) is 7.85. The van der Waals surface area contributed by atoms with Crippen molar-refractivity contribution in [2.24, 2.45) is 23.7 Å². The van der Waals surface area contributed by atoms with Gasteiger partial charge >= 0.3 is 0 Å². The van der Waals surface area contributed by atoms with Gasteiger partial charge in [-0.1, -0.05) is 59.8 Å². The molecule has 3 atom stereocenters. The summed E-state index contributed by atoms with van der Waals surface area (Å²) in [5, 5.41) is 0. The third kappa shape index (κ3) is 5.80. The van der Waals surface area contributed by atoms with Crippen molar-refractivity contribution in [3.05, 3.63) is 36.5 Å². The van der Waals surface area contributed by atoms with E-state index in [1.165, 1.54) is 24.0 Å². The van der Waals surface area contributed by atoms with Crippen LogP contribution in [0.3, 0.4) is 0 Å². The Bertz CT molecular complexity index is 306.